The van der Waals surface area contributed by atoms with E-state index in [1.807, 2.05) is 0 Å². The first-order valence-electron chi connectivity index (χ1n) is 6.46. The van der Waals surface area contributed by atoms with E-state index in [4.69, 9.17) is 0 Å². The van der Waals surface area contributed by atoms with E-state index in [9.17, 15) is 4.39 Å². The van der Waals surface area contributed by atoms with Gasteiger partial charge >= 0.3 is 0 Å². The molecular formula is C17H17F. The first kappa shape index (κ1) is 11.5. The van der Waals surface area contributed by atoms with E-state index in [1.165, 1.54) is 16.7 Å². The Hall–Kier alpha value is -1.63. The van der Waals surface area contributed by atoms with Crippen molar-refractivity contribution in [2.75, 3.05) is 0 Å². The first-order valence-corrected chi connectivity index (χ1v) is 6.46. The van der Waals surface area contributed by atoms with E-state index in [-0.39, 0.29) is 5.83 Å². The van der Waals surface area contributed by atoms with E-state index < -0.39 is 0 Å². The third kappa shape index (κ3) is 1.94. The minimum Gasteiger partial charge on any atom is -0.207 e. The van der Waals surface area contributed by atoms with Crippen LogP contribution in [0.5, 0.6) is 0 Å². The fourth-order valence-electron chi connectivity index (χ4n) is 2.79. The maximum absolute atomic E-state index is 14.1. The maximum atomic E-state index is 14.1. The predicted octanol–water partition coefficient (Wildman–Crippen LogP) is 5.09. The Morgan fingerprint density at radius 2 is 1.39 bits per heavy atom. The molecule has 0 saturated carbocycles. The molecule has 0 atom stereocenters. The van der Waals surface area contributed by atoms with Crippen LogP contribution in [-0.2, 0) is 0 Å². The van der Waals surface area contributed by atoms with Gasteiger partial charge in [-0.15, -0.1) is 0 Å². The lowest BCUT2D eigenvalue weighted by Crippen LogP contribution is -1.90. The fraction of sp³-hybridized carbons (Fsp3) is 0.294. The molecule has 0 aromatic carbocycles. The molecular weight excluding hydrogens is 223 g/mol. The molecule has 3 aliphatic carbocycles. The highest BCUT2D eigenvalue weighted by atomic mass is 19.1. The summed E-state index contributed by atoms with van der Waals surface area (Å²) in [5.41, 5.74) is 7.15. The van der Waals surface area contributed by atoms with Gasteiger partial charge in [0.2, 0.25) is 0 Å². The third-order valence-electron chi connectivity index (χ3n) is 3.83. The van der Waals surface area contributed by atoms with Crippen LogP contribution in [0.15, 0.2) is 69.6 Å². The predicted molar refractivity (Wildman–Crippen MR) is 73.7 cm³/mol. The molecule has 92 valence electrons. The summed E-state index contributed by atoms with van der Waals surface area (Å²) in [6, 6.07) is 0. The molecule has 3 rings (SSSR count). The van der Waals surface area contributed by atoms with Crippen molar-refractivity contribution in [3.63, 3.8) is 0 Å². The summed E-state index contributed by atoms with van der Waals surface area (Å²) in [5, 5.41) is 0. The second-order valence-electron chi connectivity index (χ2n) is 5.44. The standard InChI is InChI=1S/C17H17F/c1-11-3-5-13(7-11)15-9-16(17(18)10-15)14-6-4-12(2)8-14/h3-6,10H,7-9H2,1-2H3. The van der Waals surface area contributed by atoms with Crippen molar-refractivity contribution in [1.29, 1.82) is 0 Å². The van der Waals surface area contributed by atoms with Crippen LogP contribution in [0, 0.1) is 0 Å². The fourth-order valence-corrected chi connectivity index (χ4v) is 2.79. The molecule has 0 fully saturated rings. The van der Waals surface area contributed by atoms with Crippen LogP contribution in [-0.4, -0.2) is 0 Å². The van der Waals surface area contributed by atoms with E-state index in [0.717, 1.165) is 36.0 Å². The van der Waals surface area contributed by atoms with Crippen molar-refractivity contribution in [2.24, 2.45) is 0 Å². The topological polar surface area (TPSA) is 0 Å². The van der Waals surface area contributed by atoms with Crippen molar-refractivity contribution in [2.45, 2.75) is 33.1 Å². The minimum absolute atomic E-state index is 0.0372. The average molecular weight is 240 g/mol. The number of hydrogen-bond donors (Lipinski definition) is 0. The monoisotopic (exact) mass is 240 g/mol. The Labute approximate surface area is 108 Å². The molecule has 0 bridgehead atoms. The first-order chi connectivity index (χ1) is 8.63. The highest BCUT2D eigenvalue weighted by Gasteiger charge is 2.23. The molecule has 0 N–H and O–H groups in total. The summed E-state index contributed by atoms with van der Waals surface area (Å²) >= 11 is 0. The van der Waals surface area contributed by atoms with Gasteiger partial charge in [-0.2, -0.15) is 0 Å². The molecule has 0 heterocycles. The Morgan fingerprint density at radius 3 is 1.94 bits per heavy atom. The minimum atomic E-state index is -0.0372. The van der Waals surface area contributed by atoms with Gasteiger partial charge < -0.3 is 0 Å². The highest BCUT2D eigenvalue weighted by molar-refractivity contribution is 5.57. The summed E-state index contributed by atoms with van der Waals surface area (Å²) in [5.74, 6) is -0.0372. The summed E-state index contributed by atoms with van der Waals surface area (Å²) in [6.45, 7) is 4.22. The van der Waals surface area contributed by atoms with E-state index in [0.29, 0.717) is 0 Å². The van der Waals surface area contributed by atoms with Crippen LogP contribution in [0.3, 0.4) is 0 Å². The second-order valence-corrected chi connectivity index (χ2v) is 5.44. The summed E-state index contributed by atoms with van der Waals surface area (Å²) in [6.07, 6.45) is 12.8. The molecule has 18 heavy (non-hydrogen) atoms. The van der Waals surface area contributed by atoms with Crippen molar-refractivity contribution in [1.82, 2.24) is 0 Å². The van der Waals surface area contributed by atoms with Gasteiger partial charge in [-0.25, -0.2) is 4.39 Å². The van der Waals surface area contributed by atoms with Gasteiger partial charge in [-0.05, 0) is 55.1 Å². The van der Waals surface area contributed by atoms with Crippen LogP contribution < -0.4 is 0 Å². The number of hydrogen-bond acceptors (Lipinski definition) is 0. The molecule has 1 heteroatoms. The highest BCUT2D eigenvalue weighted by Crippen LogP contribution is 2.40. The number of rotatable bonds is 2. The van der Waals surface area contributed by atoms with Gasteiger partial charge in [0, 0.05) is 6.42 Å². The van der Waals surface area contributed by atoms with E-state index in [2.05, 4.69) is 38.2 Å². The molecule has 3 aliphatic rings. The lowest BCUT2D eigenvalue weighted by atomic mass is 9.96. The van der Waals surface area contributed by atoms with Crippen molar-refractivity contribution in [3.8, 4) is 0 Å². The summed E-state index contributed by atoms with van der Waals surface area (Å²) in [7, 11) is 0. The molecule has 0 unspecified atom stereocenters. The lowest BCUT2D eigenvalue weighted by Gasteiger charge is -2.08. The quantitative estimate of drug-likeness (QED) is 0.630. The summed E-state index contributed by atoms with van der Waals surface area (Å²) < 4.78 is 14.1. The average Bonchev–Trinajstić information content (AvgIpc) is 2.99. The van der Waals surface area contributed by atoms with Crippen LogP contribution in [0.25, 0.3) is 0 Å². The van der Waals surface area contributed by atoms with Crippen LogP contribution in [0.4, 0.5) is 4.39 Å². The zero-order chi connectivity index (χ0) is 12.7. The van der Waals surface area contributed by atoms with Gasteiger partial charge in [0.05, 0.1) is 0 Å². The third-order valence-corrected chi connectivity index (χ3v) is 3.83. The molecule has 0 aromatic rings. The molecule has 0 nitrogen and oxygen atoms in total. The number of halogens is 1. The van der Waals surface area contributed by atoms with Gasteiger partial charge in [0.15, 0.2) is 0 Å². The summed E-state index contributed by atoms with van der Waals surface area (Å²) in [4.78, 5) is 0. The largest absolute Gasteiger partial charge is 0.207 e. The second kappa shape index (κ2) is 4.24. The van der Waals surface area contributed by atoms with Crippen LogP contribution in [0.1, 0.15) is 33.1 Å². The molecule has 0 aliphatic heterocycles. The zero-order valence-electron chi connectivity index (χ0n) is 10.9. The number of allylic oxidation sites excluding steroid dienone is 12. The van der Waals surface area contributed by atoms with Gasteiger partial charge in [-0.3, -0.25) is 0 Å². The van der Waals surface area contributed by atoms with Crippen LogP contribution in [0.2, 0.25) is 0 Å². The van der Waals surface area contributed by atoms with E-state index >= 15 is 0 Å². The lowest BCUT2D eigenvalue weighted by molar-refractivity contribution is 0.659. The van der Waals surface area contributed by atoms with Crippen molar-refractivity contribution in [3.05, 3.63) is 69.6 Å². The molecule has 0 spiro atoms. The molecule has 0 radical (unpaired) electrons. The molecule has 0 saturated heterocycles. The molecule has 0 amide bonds. The van der Waals surface area contributed by atoms with Crippen molar-refractivity contribution >= 4 is 0 Å². The smallest absolute Gasteiger partial charge is 0.127 e. The van der Waals surface area contributed by atoms with Gasteiger partial charge in [0.25, 0.3) is 0 Å². The Kier molecular flexibility index (Phi) is 2.70. The Morgan fingerprint density at radius 1 is 0.778 bits per heavy atom. The van der Waals surface area contributed by atoms with E-state index in [1.54, 1.807) is 6.08 Å². The van der Waals surface area contributed by atoms with Crippen molar-refractivity contribution < 1.29 is 4.39 Å². The normalized spacial score (nSPS) is 22.9. The SMILES string of the molecule is CC1=CC=C(C2=CC(F)=C(C3=CC=C(C)C3)C2)C1. The van der Waals surface area contributed by atoms with Gasteiger partial charge in [0.1, 0.15) is 5.83 Å². The molecule has 0 aromatic heterocycles. The zero-order valence-corrected chi connectivity index (χ0v) is 10.9. The Bertz CT molecular complexity index is 589. The van der Waals surface area contributed by atoms with Gasteiger partial charge in [-0.1, -0.05) is 35.5 Å². The maximum Gasteiger partial charge on any atom is 0.127 e. The Balaban J connectivity index is 1.74. The van der Waals surface area contributed by atoms with Crippen LogP contribution >= 0.6 is 0 Å².